The van der Waals surface area contributed by atoms with Crippen LogP contribution in [0.2, 0.25) is 0 Å². The third-order valence-electron chi connectivity index (χ3n) is 8.64. The Hall–Kier alpha value is 0.920. The molecule has 4 aliphatic rings. The lowest BCUT2D eigenvalue weighted by atomic mass is 9.43. The summed E-state index contributed by atoms with van der Waals surface area (Å²) in [6.45, 7) is 9.46. The molecular formula is C20H32Br2O. The van der Waals surface area contributed by atoms with Gasteiger partial charge < -0.3 is 5.11 Å². The van der Waals surface area contributed by atoms with E-state index in [9.17, 15) is 5.11 Å². The number of hydrogen-bond donors (Lipinski definition) is 1. The fourth-order valence-electron chi connectivity index (χ4n) is 7.99. The molecule has 23 heavy (non-hydrogen) atoms. The standard InChI is InChI=1S/C20H32Br2O/c1-11(2)15-16(22)12-9-13-17-18(3,7-8-20(13,15)10-12)14(21)5-6-19(17,4)23/h11-17,23H,5-10H2,1-4H3. The first kappa shape index (κ1) is 17.3. The fourth-order valence-corrected chi connectivity index (χ4v) is 10.3. The van der Waals surface area contributed by atoms with Gasteiger partial charge in [-0.25, -0.2) is 0 Å². The van der Waals surface area contributed by atoms with Gasteiger partial charge in [0, 0.05) is 9.65 Å². The summed E-state index contributed by atoms with van der Waals surface area (Å²) >= 11 is 8.11. The van der Waals surface area contributed by atoms with Crippen LogP contribution < -0.4 is 0 Å². The summed E-state index contributed by atoms with van der Waals surface area (Å²) in [4.78, 5) is 1.28. The molecule has 1 nitrogen and oxygen atoms in total. The van der Waals surface area contributed by atoms with Gasteiger partial charge in [-0.1, -0.05) is 52.6 Å². The highest BCUT2D eigenvalue weighted by atomic mass is 79.9. The second-order valence-corrected chi connectivity index (χ2v) is 12.3. The zero-order valence-corrected chi connectivity index (χ0v) is 18.2. The van der Waals surface area contributed by atoms with Crippen LogP contribution in [0.15, 0.2) is 0 Å². The predicted molar refractivity (Wildman–Crippen MR) is 103 cm³/mol. The van der Waals surface area contributed by atoms with E-state index in [1.165, 1.54) is 25.7 Å². The van der Waals surface area contributed by atoms with Crippen molar-refractivity contribution in [2.24, 2.45) is 40.4 Å². The molecule has 0 radical (unpaired) electrons. The average Bonchev–Trinajstić information content (AvgIpc) is 2.95. The second kappa shape index (κ2) is 5.22. The van der Waals surface area contributed by atoms with Gasteiger partial charge >= 0.3 is 0 Å². The van der Waals surface area contributed by atoms with E-state index in [-0.39, 0.29) is 5.41 Å². The number of hydrogen-bond acceptors (Lipinski definition) is 1. The maximum atomic E-state index is 11.4. The van der Waals surface area contributed by atoms with Crippen LogP contribution in [0, 0.1) is 40.4 Å². The van der Waals surface area contributed by atoms with Crippen molar-refractivity contribution in [2.45, 2.75) is 81.5 Å². The Kier molecular flexibility index (Phi) is 3.94. The summed E-state index contributed by atoms with van der Waals surface area (Å²) in [5.41, 5.74) is 0.279. The molecule has 0 amide bonds. The fraction of sp³-hybridized carbons (Fsp3) is 1.00. The van der Waals surface area contributed by atoms with Crippen molar-refractivity contribution < 1.29 is 5.11 Å². The molecule has 4 rings (SSSR count). The second-order valence-electron chi connectivity index (χ2n) is 10.1. The third-order valence-corrected chi connectivity index (χ3v) is 11.5. The van der Waals surface area contributed by atoms with Gasteiger partial charge in [0.25, 0.3) is 0 Å². The van der Waals surface area contributed by atoms with E-state index in [0.29, 0.717) is 21.0 Å². The van der Waals surface area contributed by atoms with Crippen molar-refractivity contribution >= 4 is 31.9 Å². The molecule has 2 bridgehead atoms. The van der Waals surface area contributed by atoms with Crippen molar-refractivity contribution in [1.82, 2.24) is 0 Å². The molecule has 4 fully saturated rings. The monoisotopic (exact) mass is 446 g/mol. The molecule has 132 valence electrons. The average molecular weight is 448 g/mol. The van der Waals surface area contributed by atoms with E-state index >= 15 is 0 Å². The summed E-state index contributed by atoms with van der Waals surface area (Å²) < 4.78 is 0. The topological polar surface area (TPSA) is 20.2 Å². The molecule has 1 N–H and O–H groups in total. The summed E-state index contributed by atoms with van der Waals surface area (Å²) in [6, 6.07) is 0. The van der Waals surface area contributed by atoms with Gasteiger partial charge in [-0.3, -0.25) is 0 Å². The minimum atomic E-state index is -0.481. The van der Waals surface area contributed by atoms with Gasteiger partial charge in [0.05, 0.1) is 5.60 Å². The maximum absolute atomic E-state index is 11.4. The number of fused-ring (bicyclic) bond motifs is 3. The number of alkyl halides is 2. The predicted octanol–water partition coefficient (Wildman–Crippen LogP) is 5.77. The van der Waals surface area contributed by atoms with E-state index in [1.54, 1.807) is 0 Å². The minimum absolute atomic E-state index is 0.269. The van der Waals surface area contributed by atoms with Crippen molar-refractivity contribution in [3.05, 3.63) is 0 Å². The van der Waals surface area contributed by atoms with E-state index in [1.807, 2.05) is 0 Å². The van der Waals surface area contributed by atoms with E-state index in [0.717, 1.165) is 36.5 Å². The quantitative estimate of drug-likeness (QED) is 0.505. The van der Waals surface area contributed by atoms with Crippen LogP contribution in [0.5, 0.6) is 0 Å². The van der Waals surface area contributed by atoms with Crippen LogP contribution >= 0.6 is 31.9 Å². The molecule has 0 aliphatic heterocycles. The largest absolute Gasteiger partial charge is 0.390 e. The Bertz CT molecular complexity index is 504. The highest BCUT2D eigenvalue weighted by molar-refractivity contribution is 9.09. The van der Waals surface area contributed by atoms with E-state index < -0.39 is 5.60 Å². The molecule has 0 aromatic carbocycles. The molecule has 9 atom stereocenters. The lowest BCUT2D eigenvalue weighted by molar-refractivity contribution is -0.180. The van der Waals surface area contributed by atoms with Crippen molar-refractivity contribution in [2.75, 3.05) is 0 Å². The summed E-state index contributed by atoms with van der Waals surface area (Å²) in [5, 5.41) is 11.4. The van der Waals surface area contributed by atoms with Crippen LogP contribution in [-0.4, -0.2) is 20.4 Å². The van der Waals surface area contributed by atoms with Crippen LogP contribution in [-0.2, 0) is 0 Å². The minimum Gasteiger partial charge on any atom is -0.390 e. The molecule has 4 aliphatic carbocycles. The van der Waals surface area contributed by atoms with Gasteiger partial charge in [-0.2, -0.15) is 0 Å². The molecule has 0 aromatic rings. The highest BCUT2D eigenvalue weighted by Gasteiger charge is 2.71. The first-order valence-electron chi connectivity index (χ1n) is 9.64. The van der Waals surface area contributed by atoms with Gasteiger partial charge in [0.15, 0.2) is 0 Å². The molecular weight excluding hydrogens is 416 g/mol. The molecule has 0 aromatic heterocycles. The first-order chi connectivity index (χ1) is 10.6. The zero-order valence-electron chi connectivity index (χ0n) is 15.0. The molecule has 3 heteroatoms. The Labute approximate surface area is 158 Å². The molecule has 4 saturated carbocycles. The summed E-state index contributed by atoms with van der Waals surface area (Å²) in [6.07, 6.45) is 7.50. The third kappa shape index (κ3) is 2.11. The van der Waals surface area contributed by atoms with Gasteiger partial charge in [0.2, 0.25) is 0 Å². The Morgan fingerprint density at radius 3 is 2.43 bits per heavy atom. The van der Waals surface area contributed by atoms with Crippen LogP contribution in [0.4, 0.5) is 0 Å². The number of rotatable bonds is 1. The smallest absolute Gasteiger partial charge is 0.0656 e. The lowest BCUT2D eigenvalue weighted by Crippen LogP contribution is -2.63. The molecule has 0 saturated heterocycles. The van der Waals surface area contributed by atoms with E-state index in [2.05, 4.69) is 59.6 Å². The Morgan fingerprint density at radius 2 is 1.78 bits per heavy atom. The zero-order chi connectivity index (χ0) is 16.8. The van der Waals surface area contributed by atoms with Crippen LogP contribution in [0.3, 0.4) is 0 Å². The van der Waals surface area contributed by atoms with Crippen molar-refractivity contribution in [3.63, 3.8) is 0 Å². The first-order valence-corrected chi connectivity index (χ1v) is 11.5. The maximum Gasteiger partial charge on any atom is 0.0656 e. The summed E-state index contributed by atoms with van der Waals surface area (Å²) in [5.74, 6) is 3.56. The molecule has 9 unspecified atom stereocenters. The van der Waals surface area contributed by atoms with Gasteiger partial charge in [0.1, 0.15) is 0 Å². The molecule has 0 heterocycles. The van der Waals surface area contributed by atoms with Crippen molar-refractivity contribution in [3.8, 4) is 0 Å². The summed E-state index contributed by atoms with van der Waals surface area (Å²) in [7, 11) is 0. The van der Waals surface area contributed by atoms with Gasteiger partial charge in [-0.05, 0) is 85.9 Å². The van der Waals surface area contributed by atoms with Crippen LogP contribution in [0.25, 0.3) is 0 Å². The van der Waals surface area contributed by atoms with Gasteiger partial charge in [-0.15, -0.1) is 0 Å². The highest BCUT2D eigenvalue weighted by Crippen LogP contribution is 2.75. The van der Waals surface area contributed by atoms with Crippen LogP contribution in [0.1, 0.15) is 66.2 Å². The van der Waals surface area contributed by atoms with E-state index in [4.69, 9.17) is 0 Å². The van der Waals surface area contributed by atoms with Crippen molar-refractivity contribution in [1.29, 1.82) is 0 Å². The Morgan fingerprint density at radius 1 is 1.09 bits per heavy atom. The number of aliphatic hydroxyl groups is 1. The Balaban J connectivity index is 1.78. The number of halogens is 2. The molecule has 1 spiro atoms. The normalized spacial score (nSPS) is 61.6. The lowest BCUT2D eigenvalue weighted by Gasteiger charge is -2.64. The SMILES string of the molecule is CC(C)C1C(Br)C2CC3C4C(C)(O)CCC(Br)C4(C)CCC31C2.